The molecule has 3 rings (SSSR count). The van der Waals surface area contributed by atoms with Crippen LogP contribution in [0.3, 0.4) is 0 Å². The van der Waals surface area contributed by atoms with E-state index in [9.17, 15) is 34.4 Å². The number of aliphatic hydroxyl groups excluding tert-OH is 3. The number of rotatable bonds is 11. The third kappa shape index (κ3) is 6.44. The van der Waals surface area contributed by atoms with Crippen LogP contribution in [0, 0.1) is 0 Å². The number of benzene rings is 1. The summed E-state index contributed by atoms with van der Waals surface area (Å²) in [6.45, 7) is -2.41. The van der Waals surface area contributed by atoms with E-state index < -0.39 is 69.3 Å². The highest BCUT2D eigenvalue weighted by Gasteiger charge is 2.57. The molecule has 0 saturated carbocycles. The monoisotopic (exact) mass is 506 g/mol. The van der Waals surface area contributed by atoms with E-state index in [0.29, 0.717) is 4.57 Å². The summed E-state index contributed by atoms with van der Waals surface area (Å²) in [6, 6.07) is 9.81. The highest BCUT2D eigenvalue weighted by molar-refractivity contribution is 7.47. The maximum absolute atomic E-state index is 15.1. The summed E-state index contributed by atoms with van der Waals surface area (Å²) in [6.07, 6.45) is -6.12. The molecule has 0 bridgehead atoms. The van der Waals surface area contributed by atoms with Crippen molar-refractivity contribution in [3.63, 3.8) is 0 Å². The molecule has 1 aliphatic heterocycles. The maximum Gasteiger partial charge on any atom is 0.472 e. The van der Waals surface area contributed by atoms with Crippen LogP contribution in [0.15, 0.2) is 52.2 Å². The van der Waals surface area contributed by atoms with Crippen molar-refractivity contribution in [2.75, 3.05) is 19.8 Å². The van der Waals surface area contributed by atoms with Crippen molar-refractivity contribution in [3.05, 3.63) is 69.0 Å². The van der Waals surface area contributed by atoms with Gasteiger partial charge in [0.2, 0.25) is 0 Å². The van der Waals surface area contributed by atoms with E-state index >= 15 is 4.39 Å². The second-order valence-electron chi connectivity index (χ2n) is 7.39. The molecule has 5 N–H and O–H groups in total. The van der Waals surface area contributed by atoms with Crippen molar-refractivity contribution >= 4 is 7.82 Å². The van der Waals surface area contributed by atoms with Crippen LogP contribution >= 0.6 is 7.82 Å². The number of halogens is 1. The lowest BCUT2D eigenvalue weighted by molar-refractivity contribution is -0.205. The predicted molar refractivity (Wildman–Crippen MR) is 111 cm³/mol. The number of H-pyrrole nitrogens is 1. The molecule has 0 spiro atoms. The number of aromatic amines is 1. The number of ether oxygens (including phenoxy) is 2. The van der Waals surface area contributed by atoms with E-state index in [2.05, 4.69) is 4.52 Å². The zero-order valence-corrected chi connectivity index (χ0v) is 18.5. The zero-order chi connectivity index (χ0) is 24.9. The van der Waals surface area contributed by atoms with Gasteiger partial charge in [0.1, 0.15) is 24.9 Å². The lowest BCUT2D eigenvalue weighted by Crippen LogP contribution is -2.43. The van der Waals surface area contributed by atoms with Gasteiger partial charge in [0.15, 0.2) is 6.23 Å². The number of phosphoric ester groups is 1. The Bertz CT molecular complexity index is 1110. The fourth-order valence-corrected chi connectivity index (χ4v) is 3.81. The number of phosphoric acid groups is 1. The fourth-order valence-electron chi connectivity index (χ4n) is 3.05. The lowest BCUT2D eigenvalue weighted by atomic mass is 10.1. The smallest absolute Gasteiger partial charge is 0.394 e. The first-order valence-electron chi connectivity index (χ1n) is 9.97. The summed E-state index contributed by atoms with van der Waals surface area (Å²) in [7, 11) is -4.92. The molecule has 0 amide bonds. The number of aliphatic hydroxyl groups is 3. The molecular formula is C19H24FN2O11P. The van der Waals surface area contributed by atoms with Gasteiger partial charge in [0, 0.05) is 12.3 Å². The quantitative estimate of drug-likeness (QED) is 0.239. The zero-order valence-electron chi connectivity index (χ0n) is 17.6. The molecule has 2 aromatic rings. The Hall–Kier alpha value is -2.26. The van der Waals surface area contributed by atoms with Gasteiger partial charge in [-0.05, 0) is 5.56 Å². The molecule has 1 aliphatic rings. The second kappa shape index (κ2) is 11.0. The summed E-state index contributed by atoms with van der Waals surface area (Å²) in [4.78, 5) is 34.8. The molecule has 2 heterocycles. The Morgan fingerprint density at radius 2 is 1.91 bits per heavy atom. The molecule has 0 aliphatic carbocycles. The minimum atomic E-state index is -4.92. The molecule has 13 nitrogen and oxygen atoms in total. The number of nitrogens with one attached hydrogen (secondary N) is 1. The highest BCUT2D eigenvalue weighted by Crippen LogP contribution is 2.47. The Morgan fingerprint density at radius 1 is 1.21 bits per heavy atom. The van der Waals surface area contributed by atoms with Crippen molar-refractivity contribution in [2.45, 2.75) is 37.0 Å². The highest BCUT2D eigenvalue weighted by atomic mass is 31.2. The van der Waals surface area contributed by atoms with Gasteiger partial charge in [0.25, 0.3) is 11.4 Å². The summed E-state index contributed by atoms with van der Waals surface area (Å²) in [5, 5.41) is 29.5. The molecule has 2 unspecified atom stereocenters. The topological polar surface area (TPSA) is 190 Å². The normalized spacial score (nSPS) is 27.4. The summed E-state index contributed by atoms with van der Waals surface area (Å²) < 4.78 is 47.5. The molecule has 1 aromatic carbocycles. The van der Waals surface area contributed by atoms with Gasteiger partial charge in [0.05, 0.1) is 19.8 Å². The fraction of sp³-hybridized carbons (Fsp3) is 0.474. The van der Waals surface area contributed by atoms with Gasteiger partial charge < -0.3 is 29.7 Å². The van der Waals surface area contributed by atoms with Crippen molar-refractivity contribution in [2.24, 2.45) is 0 Å². The largest absolute Gasteiger partial charge is 0.472 e. The van der Waals surface area contributed by atoms with Crippen LogP contribution in [0.5, 0.6) is 0 Å². The Kier molecular flexibility index (Phi) is 8.52. The summed E-state index contributed by atoms with van der Waals surface area (Å²) >= 11 is 0. The second-order valence-corrected chi connectivity index (χ2v) is 8.84. The minimum absolute atomic E-state index is 0.0863. The van der Waals surface area contributed by atoms with Crippen LogP contribution in [0.25, 0.3) is 0 Å². The van der Waals surface area contributed by atoms with E-state index in [1.807, 2.05) is 4.98 Å². The van der Waals surface area contributed by atoms with E-state index in [1.54, 1.807) is 30.3 Å². The number of hydrogen-bond acceptors (Lipinski definition) is 10. The van der Waals surface area contributed by atoms with Crippen LogP contribution in [-0.2, 0) is 29.7 Å². The molecule has 0 radical (unpaired) electrons. The third-order valence-electron chi connectivity index (χ3n) is 4.88. The Morgan fingerprint density at radius 3 is 2.56 bits per heavy atom. The SMILES string of the molecule is O=c1ccn([C@@H]2O[C@](F)(COP(=O)(O)OCC(CO)OCc3ccccc3)[C@@H](O)[C@H]2O)c(=O)[nH]1. The van der Waals surface area contributed by atoms with Gasteiger partial charge in [-0.15, -0.1) is 0 Å². The average molecular weight is 506 g/mol. The van der Waals surface area contributed by atoms with Crippen LogP contribution in [0.4, 0.5) is 4.39 Å². The van der Waals surface area contributed by atoms with Crippen LogP contribution in [0.1, 0.15) is 11.8 Å². The van der Waals surface area contributed by atoms with Gasteiger partial charge in [-0.2, -0.15) is 0 Å². The van der Waals surface area contributed by atoms with Crippen molar-refractivity contribution in [3.8, 4) is 0 Å². The molecular weight excluding hydrogens is 482 g/mol. The first-order chi connectivity index (χ1) is 16.0. The molecule has 6 atom stereocenters. The van der Waals surface area contributed by atoms with E-state index in [1.165, 1.54) is 0 Å². The number of hydrogen-bond donors (Lipinski definition) is 5. The van der Waals surface area contributed by atoms with Gasteiger partial charge in [-0.3, -0.25) is 23.4 Å². The number of alkyl halides is 1. The first kappa shape index (κ1) is 26.3. The summed E-state index contributed by atoms with van der Waals surface area (Å²) in [5.74, 6) is -3.21. The molecule has 34 heavy (non-hydrogen) atoms. The summed E-state index contributed by atoms with van der Waals surface area (Å²) in [5.41, 5.74) is -1.02. The van der Waals surface area contributed by atoms with Gasteiger partial charge >= 0.3 is 13.5 Å². The molecule has 1 fully saturated rings. The Labute approximate surface area is 191 Å². The molecule has 1 aromatic heterocycles. The predicted octanol–water partition coefficient (Wildman–Crippen LogP) is -0.836. The van der Waals surface area contributed by atoms with Gasteiger partial charge in [-0.25, -0.2) is 13.8 Å². The van der Waals surface area contributed by atoms with Gasteiger partial charge in [-0.1, -0.05) is 30.3 Å². The van der Waals surface area contributed by atoms with Crippen molar-refractivity contribution in [1.29, 1.82) is 0 Å². The van der Waals surface area contributed by atoms with Crippen molar-refractivity contribution in [1.82, 2.24) is 9.55 Å². The van der Waals surface area contributed by atoms with Crippen LogP contribution < -0.4 is 11.2 Å². The molecule has 1 saturated heterocycles. The lowest BCUT2D eigenvalue weighted by Gasteiger charge is -2.24. The van der Waals surface area contributed by atoms with Crippen LogP contribution in [-0.4, -0.2) is 73.8 Å². The van der Waals surface area contributed by atoms with E-state index in [-0.39, 0.29) is 6.61 Å². The molecule has 188 valence electrons. The van der Waals surface area contributed by atoms with E-state index in [4.69, 9.17) is 14.0 Å². The third-order valence-corrected chi connectivity index (χ3v) is 5.81. The first-order valence-corrected chi connectivity index (χ1v) is 11.5. The van der Waals surface area contributed by atoms with E-state index in [0.717, 1.165) is 17.8 Å². The average Bonchev–Trinajstić information content (AvgIpc) is 3.03. The number of aromatic nitrogens is 2. The Balaban J connectivity index is 1.56. The number of nitrogens with zero attached hydrogens (tertiary/aromatic N) is 1. The standard InChI is InChI=1S/C19H24FN2O11P/c20-19(16(26)15(25)17(33-19)22-7-6-14(24)21-18(22)27)11-32-34(28,29)31-10-13(8-23)30-9-12-4-2-1-3-5-12/h1-7,13,15-17,23,25-26H,8-11H2,(H,28,29)(H,21,24,27)/t13?,15-,16+,17-,19-/m1/s1. The molecule has 15 heteroatoms. The van der Waals surface area contributed by atoms with Crippen molar-refractivity contribution < 1.29 is 47.7 Å². The minimum Gasteiger partial charge on any atom is -0.394 e. The maximum atomic E-state index is 15.1. The van der Waals surface area contributed by atoms with Crippen LogP contribution in [0.2, 0.25) is 0 Å².